The van der Waals surface area contributed by atoms with Gasteiger partial charge >= 0.3 is 0 Å². The zero-order chi connectivity index (χ0) is 27.7. The van der Waals surface area contributed by atoms with Crippen molar-refractivity contribution in [1.29, 1.82) is 0 Å². The molecule has 40 heavy (non-hydrogen) atoms. The van der Waals surface area contributed by atoms with Crippen LogP contribution in [0.4, 0.5) is 0 Å². The van der Waals surface area contributed by atoms with E-state index in [1.54, 1.807) is 6.20 Å². The number of imidazole rings is 1. The Hall–Kier alpha value is -4.90. The highest BCUT2D eigenvalue weighted by Crippen LogP contribution is 2.41. The molecule has 0 atom stereocenters. The highest BCUT2D eigenvalue weighted by Gasteiger charge is 2.29. The van der Waals surface area contributed by atoms with Crippen LogP contribution in [0.15, 0.2) is 122 Å². The molecule has 0 unspecified atom stereocenters. The van der Waals surface area contributed by atoms with Gasteiger partial charge in [-0.1, -0.05) is 99.6 Å². The third-order valence-electron chi connectivity index (χ3n) is 6.92. The van der Waals surface area contributed by atoms with Crippen molar-refractivity contribution in [2.45, 2.75) is 26.2 Å². The standard InChI is InChI=1S/C35H32N4O/c1-35(2,3)33-31(25-13-7-5-8-14-25)32(26-15-9-6-10-16-26)39(37-33)28-18-12-20-30(24-28)40-29-19-11-17-27(23-29)34-36-21-22-38(34)4/h5-24H,1-4H3. The number of nitrogens with zero attached hydrogens (tertiary/aromatic N) is 4. The van der Waals surface area contributed by atoms with Crippen LogP contribution in [0.5, 0.6) is 11.5 Å². The third kappa shape index (κ3) is 4.94. The minimum absolute atomic E-state index is 0.167. The molecule has 0 saturated carbocycles. The topological polar surface area (TPSA) is 44.9 Å². The number of rotatable bonds is 6. The van der Waals surface area contributed by atoms with Gasteiger partial charge in [-0.25, -0.2) is 9.67 Å². The van der Waals surface area contributed by atoms with E-state index in [4.69, 9.17) is 9.84 Å². The molecule has 0 aliphatic heterocycles. The van der Waals surface area contributed by atoms with E-state index in [2.05, 4.69) is 91.1 Å². The van der Waals surface area contributed by atoms with E-state index in [9.17, 15) is 0 Å². The quantitative estimate of drug-likeness (QED) is 0.219. The molecule has 2 heterocycles. The van der Waals surface area contributed by atoms with Crippen LogP contribution < -0.4 is 4.74 Å². The Labute approximate surface area is 235 Å². The van der Waals surface area contributed by atoms with Crippen LogP contribution in [0.3, 0.4) is 0 Å². The van der Waals surface area contributed by atoms with Crippen molar-refractivity contribution in [3.8, 4) is 51.0 Å². The van der Waals surface area contributed by atoms with E-state index in [0.717, 1.165) is 56.7 Å². The van der Waals surface area contributed by atoms with E-state index in [-0.39, 0.29) is 5.41 Å². The van der Waals surface area contributed by atoms with Gasteiger partial charge in [0.05, 0.1) is 17.1 Å². The van der Waals surface area contributed by atoms with Gasteiger partial charge in [0, 0.05) is 47.6 Å². The van der Waals surface area contributed by atoms with Crippen LogP contribution in [-0.2, 0) is 12.5 Å². The number of aromatic nitrogens is 4. The van der Waals surface area contributed by atoms with Crippen LogP contribution in [0.2, 0.25) is 0 Å². The number of hydrogen-bond donors (Lipinski definition) is 0. The van der Waals surface area contributed by atoms with Gasteiger partial charge in [0.15, 0.2) is 0 Å². The van der Waals surface area contributed by atoms with Gasteiger partial charge in [-0.3, -0.25) is 0 Å². The van der Waals surface area contributed by atoms with Crippen LogP contribution in [0.1, 0.15) is 26.5 Å². The first-order chi connectivity index (χ1) is 19.4. The molecule has 0 amide bonds. The summed E-state index contributed by atoms with van der Waals surface area (Å²) < 4.78 is 10.4. The molecule has 0 saturated heterocycles. The lowest BCUT2D eigenvalue weighted by Crippen LogP contribution is -2.14. The average Bonchev–Trinajstić information content (AvgIpc) is 3.59. The summed E-state index contributed by atoms with van der Waals surface area (Å²) in [5.74, 6) is 2.38. The summed E-state index contributed by atoms with van der Waals surface area (Å²) in [7, 11) is 1.99. The monoisotopic (exact) mass is 524 g/mol. The molecule has 4 aromatic carbocycles. The van der Waals surface area contributed by atoms with Crippen molar-refractivity contribution in [3.63, 3.8) is 0 Å². The van der Waals surface area contributed by atoms with Gasteiger partial charge in [-0.05, 0) is 29.8 Å². The molecule has 0 N–H and O–H groups in total. The summed E-state index contributed by atoms with van der Waals surface area (Å²) in [5.41, 5.74) is 7.28. The van der Waals surface area contributed by atoms with Gasteiger partial charge in [-0.15, -0.1) is 0 Å². The molecule has 0 bridgehead atoms. The average molecular weight is 525 g/mol. The van der Waals surface area contributed by atoms with E-state index in [0.29, 0.717) is 0 Å². The summed E-state index contributed by atoms with van der Waals surface area (Å²) in [6, 6.07) is 37.2. The molecule has 0 spiro atoms. The fourth-order valence-electron chi connectivity index (χ4n) is 5.03. The third-order valence-corrected chi connectivity index (χ3v) is 6.92. The fourth-order valence-corrected chi connectivity index (χ4v) is 5.03. The molecule has 198 valence electrons. The Morgan fingerprint density at radius 3 is 1.95 bits per heavy atom. The molecule has 2 aromatic heterocycles. The number of benzene rings is 4. The van der Waals surface area contributed by atoms with Crippen LogP contribution in [0.25, 0.3) is 39.5 Å². The summed E-state index contributed by atoms with van der Waals surface area (Å²) in [6.07, 6.45) is 3.74. The Morgan fingerprint density at radius 1 is 0.675 bits per heavy atom. The molecule has 0 radical (unpaired) electrons. The van der Waals surface area contributed by atoms with E-state index in [1.807, 2.05) is 66.3 Å². The number of aryl methyl sites for hydroxylation is 1. The van der Waals surface area contributed by atoms with E-state index >= 15 is 0 Å². The maximum Gasteiger partial charge on any atom is 0.139 e. The second-order valence-electron chi connectivity index (χ2n) is 11.0. The fraction of sp³-hybridized carbons (Fsp3) is 0.143. The molecule has 6 aromatic rings. The largest absolute Gasteiger partial charge is 0.457 e. The maximum absolute atomic E-state index is 6.38. The Balaban J connectivity index is 1.47. The minimum Gasteiger partial charge on any atom is -0.457 e. The molecule has 0 aliphatic carbocycles. The van der Waals surface area contributed by atoms with E-state index in [1.165, 1.54) is 0 Å². The van der Waals surface area contributed by atoms with E-state index < -0.39 is 0 Å². The predicted octanol–water partition coefficient (Wildman–Crippen LogP) is 8.70. The first-order valence-corrected chi connectivity index (χ1v) is 13.5. The smallest absolute Gasteiger partial charge is 0.139 e. The van der Waals surface area contributed by atoms with Crippen LogP contribution in [0, 0.1) is 0 Å². The van der Waals surface area contributed by atoms with Crippen LogP contribution in [-0.4, -0.2) is 19.3 Å². The number of hydrogen-bond acceptors (Lipinski definition) is 3. The molecular formula is C35H32N4O. The van der Waals surface area contributed by atoms with Gasteiger partial charge in [0.1, 0.15) is 17.3 Å². The normalized spacial score (nSPS) is 11.5. The lowest BCUT2D eigenvalue weighted by atomic mass is 9.85. The first kappa shape index (κ1) is 25.4. The van der Waals surface area contributed by atoms with Gasteiger partial charge < -0.3 is 9.30 Å². The molecular weight excluding hydrogens is 492 g/mol. The number of ether oxygens (including phenoxy) is 1. The predicted molar refractivity (Wildman–Crippen MR) is 162 cm³/mol. The second-order valence-corrected chi connectivity index (χ2v) is 11.0. The maximum atomic E-state index is 6.38. The van der Waals surface area contributed by atoms with Gasteiger partial charge in [0.25, 0.3) is 0 Å². The molecule has 0 aliphatic rings. The van der Waals surface area contributed by atoms with Crippen molar-refractivity contribution in [1.82, 2.24) is 19.3 Å². The van der Waals surface area contributed by atoms with Crippen molar-refractivity contribution >= 4 is 0 Å². The first-order valence-electron chi connectivity index (χ1n) is 13.5. The Morgan fingerprint density at radius 2 is 1.30 bits per heavy atom. The second kappa shape index (κ2) is 10.3. The molecule has 6 rings (SSSR count). The molecule has 0 fully saturated rings. The zero-order valence-electron chi connectivity index (χ0n) is 23.2. The Bertz CT molecular complexity index is 1760. The summed E-state index contributed by atoms with van der Waals surface area (Å²) in [5, 5.41) is 5.26. The lowest BCUT2D eigenvalue weighted by molar-refractivity contribution is 0.482. The van der Waals surface area contributed by atoms with Crippen LogP contribution >= 0.6 is 0 Å². The highest BCUT2D eigenvalue weighted by atomic mass is 16.5. The summed E-state index contributed by atoms with van der Waals surface area (Å²) >= 11 is 0. The Kier molecular flexibility index (Phi) is 6.56. The van der Waals surface area contributed by atoms with Crippen molar-refractivity contribution in [2.24, 2.45) is 7.05 Å². The van der Waals surface area contributed by atoms with Gasteiger partial charge in [-0.2, -0.15) is 5.10 Å². The summed E-state index contributed by atoms with van der Waals surface area (Å²) in [4.78, 5) is 4.48. The minimum atomic E-state index is -0.167. The van der Waals surface area contributed by atoms with Gasteiger partial charge in [0.2, 0.25) is 0 Å². The summed E-state index contributed by atoms with van der Waals surface area (Å²) in [6.45, 7) is 6.65. The zero-order valence-corrected chi connectivity index (χ0v) is 23.2. The SMILES string of the molecule is Cn1ccnc1-c1cccc(Oc2cccc(-n3nc(C(C)(C)C)c(-c4ccccc4)c3-c3ccccc3)c2)c1. The van der Waals surface area contributed by atoms with Crippen molar-refractivity contribution < 1.29 is 4.74 Å². The highest BCUT2D eigenvalue weighted by molar-refractivity contribution is 5.85. The lowest BCUT2D eigenvalue weighted by Gasteiger charge is -2.18. The molecule has 5 heteroatoms. The van der Waals surface area contributed by atoms with Crippen molar-refractivity contribution in [2.75, 3.05) is 0 Å². The molecule has 5 nitrogen and oxygen atoms in total. The van der Waals surface area contributed by atoms with Crippen molar-refractivity contribution in [3.05, 3.63) is 127 Å².